The molecule has 0 bridgehead atoms. The van der Waals surface area contributed by atoms with Crippen LogP contribution in [0.15, 0.2) is 23.6 Å². The molecule has 128 valence electrons. The average molecular weight is 348 g/mol. The molecule has 2 aromatic rings. The van der Waals surface area contributed by atoms with Crippen LogP contribution in [0.5, 0.6) is 5.75 Å². The third-order valence-corrected chi connectivity index (χ3v) is 4.09. The fourth-order valence-corrected chi connectivity index (χ4v) is 2.87. The molecule has 1 amide bonds. The number of carbonyl (C=O) groups is 2. The number of nitrogens with zero attached hydrogens (tertiary/aromatic N) is 1. The number of carboxylic acids is 1. The van der Waals surface area contributed by atoms with Gasteiger partial charge in [0.05, 0.1) is 12.1 Å². The van der Waals surface area contributed by atoms with Crippen molar-refractivity contribution in [2.75, 3.05) is 11.9 Å². The van der Waals surface area contributed by atoms with Crippen LogP contribution in [0.25, 0.3) is 0 Å². The Hall–Kier alpha value is -2.41. The summed E-state index contributed by atoms with van der Waals surface area (Å²) in [7, 11) is 0. The number of benzene rings is 1. The number of nitrogens with one attached hydrogen (secondary N) is 1. The number of carboxylic acid groups (broad SMARTS) is 1. The number of thiazole rings is 1. The van der Waals surface area contributed by atoms with Crippen molar-refractivity contribution in [3.8, 4) is 5.75 Å². The first-order valence-corrected chi connectivity index (χ1v) is 8.42. The lowest BCUT2D eigenvalue weighted by molar-refractivity contribution is -0.136. The molecule has 0 unspecified atom stereocenters. The summed E-state index contributed by atoms with van der Waals surface area (Å²) < 4.78 is 5.66. The second kappa shape index (κ2) is 7.92. The van der Waals surface area contributed by atoms with Gasteiger partial charge in [-0.15, -0.1) is 11.3 Å². The van der Waals surface area contributed by atoms with E-state index in [1.165, 1.54) is 11.3 Å². The first-order valence-electron chi connectivity index (χ1n) is 7.54. The Morgan fingerprint density at radius 1 is 1.38 bits per heavy atom. The van der Waals surface area contributed by atoms with Crippen LogP contribution in [-0.2, 0) is 16.0 Å². The molecule has 0 radical (unpaired) electrons. The van der Waals surface area contributed by atoms with Gasteiger partial charge >= 0.3 is 5.97 Å². The highest BCUT2D eigenvalue weighted by Crippen LogP contribution is 2.27. The third-order valence-electron chi connectivity index (χ3n) is 3.28. The largest absolute Gasteiger partial charge is 0.483 e. The number of amides is 1. The molecule has 7 heteroatoms. The van der Waals surface area contributed by atoms with Crippen molar-refractivity contribution >= 4 is 28.3 Å². The lowest BCUT2D eigenvalue weighted by atomic mass is 10.0. The first-order chi connectivity index (χ1) is 11.3. The van der Waals surface area contributed by atoms with E-state index in [4.69, 9.17) is 9.84 Å². The van der Waals surface area contributed by atoms with Crippen molar-refractivity contribution in [2.45, 2.75) is 33.1 Å². The van der Waals surface area contributed by atoms with Crippen LogP contribution in [0.1, 0.15) is 36.6 Å². The lowest BCUT2D eigenvalue weighted by Crippen LogP contribution is -2.20. The quantitative estimate of drug-likeness (QED) is 0.802. The molecule has 0 fully saturated rings. The van der Waals surface area contributed by atoms with Crippen molar-refractivity contribution in [2.24, 2.45) is 0 Å². The monoisotopic (exact) mass is 348 g/mol. The molecule has 0 atom stereocenters. The maximum atomic E-state index is 12.0. The minimum atomic E-state index is -0.956. The molecule has 2 N–H and O–H groups in total. The van der Waals surface area contributed by atoms with Crippen molar-refractivity contribution < 1.29 is 19.4 Å². The van der Waals surface area contributed by atoms with Crippen LogP contribution >= 0.6 is 11.3 Å². The van der Waals surface area contributed by atoms with Gasteiger partial charge in [0.2, 0.25) is 0 Å². The highest BCUT2D eigenvalue weighted by molar-refractivity contribution is 7.13. The van der Waals surface area contributed by atoms with Gasteiger partial charge in [-0.3, -0.25) is 14.9 Å². The van der Waals surface area contributed by atoms with Gasteiger partial charge in [0.25, 0.3) is 5.91 Å². The number of hydrogen-bond donors (Lipinski definition) is 2. The second-order valence-corrected chi connectivity index (χ2v) is 6.61. The number of aromatic nitrogens is 1. The molecule has 0 saturated carbocycles. The Bertz CT molecular complexity index is 740. The molecule has 2 rings (SSSR count). The predicted octanol–water partition coefficient (Wildman–Crippen LogP) is 3.22. The second-order valence-electron chi connectivity index (χ2n) is 5.75. The molecular formula is C17H20N2O4S. The number of ether oxygens (including phenoxy) is 1. The summed E-state index contributed by atoms with van der Waals surface area (Å²) >= 11 is 1.19. The number of carbonyl (C=O) groups excluding carboxylic acids is 1. The molecule has 0 saturated heterocycles. The van der Waals surface area contributed by atoms with Gasteiger partial charge in [-0.25, -0.2) is 4.98 Å². The average Bonchev–Trinajstić information content (AvgIpc) is 2.91. The Morgan fingerprint density at radius 2 is 2.12 bits per heavy atom. The Labute approximate surface area is 144 Å². The summed E-state index contributed by atoms with van der Waals surface area (Å²) in [4.78, 5) is 26.7. The van der Waals surface area contributed by atoms with Crippen LogP contribution in [0, 0.1) is 6.92 Å². The summed E-state index contributed by atoms with van der Waals surface area (Å²) in [5.41, 5.74) is 2.53. The van der Waals surface area contributed by atoms with Crippen LogP contribution in [0.2, 0.25) is 0 Å². The zero-order valence-electron chi connectivity index (χ0n) is 13.8. The van der Waals surface area contributed by atoms with Crippen LogP contribution < -0.4 is 10.1 Å². The first kappa shape index (κ1) is 17.9. The number of aliphatic carboxylic acids is 1. The van der Waals surface area contributed by atoms with E-state index in [1.807, 2.05) is 25.1 Å². The van der Waals surface area contributed by atoms with Gasteiger partial charge in [-0.2, -0.15) is 0 Å². The van der Waals surface area contributed by atoms with E-state index in [-0.39, 0.29) is 18.9 Å². The minimum Gasteiger partial charge on any atom is -0.483 e. The summed E-state index contributed by atoms with van der Waals surface area (Å²) in [6, 6.07) is 5.94. The molecule has 1 aromatic heterocycles. The lowest BCUT2D eigenvalue weighted by Gasteiger charge is -2.14. The molecule has 0 aliphatic heterocycles. The van der Waals surface area contributed by atoms with E-state index >= 15 is 0 Å². The van der Waals surface area contributed by atoms with Crippen LogP contribution in [0.3, 0.4) is 0 Å². The van der Waals surface area contributed by atoms with E-state index in [0.29, 0.717) is 22.5 Å². The van der Waals surface area contributed by atoms with Gasteiger partial charge in [0.15, 0.2) is 11.7 Å². The van der Waals surface area contributed by atoms with Crippen molar-refractivity contribution in [1.82, 2.24) is 4.98 Å². The Kier molecular flexibility index (Phi) is 5.92. The van der Waals surface area contributed by atoms with Gasteiger partial charge < -0.3 is 9.84 Å². The molecule has 0 aliphatic rings. The zero-order chi connectivity index (χ0) is 17.7. The fraction of sp³-hybridized carbons (Fsp3) is 0.353. The molecule has 0 aliphatic carbocycles. The Balaban J connectivity index is 1.95. The van der Waals surface area contributed by atoms with E-state index in [0.717, 1.165) is 11.1 Å². The molecule has 0 spiro atoms. The zero-order valence-corrected chi connectivity index (χ0v) is 14.6. The number of aryl methyl sites for hydroxylation is 1. The molecule has 24 heavy (non-hydrogen) atoms. The van der Waals surface area contributed by atoms with Crippen LogP contribution in [-0.4, -0.2) is 28.6 Å². The van der Waals surface area contributed by atoms with E-state index in [9.17, 15) is 9.59 Å². The summed E-state index contributed by atoms with van der Waals surface area (Å²) in [6.45, 7) is 5.97. The third kappa shape index (κ3) is 5.06. The molecule has 6 nitrogen and oxygen atoms in total. The number of hydrogen-bond acceptors (Lipinski definition) is 5. The minimum absolute atomic E-state index is 0.128. The maximum absolute atomic E-state index is 12.0. The fourth-order valence-electron chi connectivity index (χ4n) is 2.14. The van der Waals surface area contributed by atoms with Gasteiger partial charge in [-0.05, 0) is 30.0 Å². The highest BCUT2D eigenvalue weighted by atomic mass is 32.1. The topological polar surface area (TPSA) is 88.5 Å². The van der Waals surface area contributed by atoms with E-state index < -0.39 is 5.97 Å². The summed E-state index contributed by atoms with van der Waals surface area (Å²) in [6.07, 6.45) is -0.163. The standard InChI is InChI=1S/C17H20N2O4S/c1-10(2)13-5-4-11(3)6-14(13)23-8-15(20)19-17-18-12(9-24-17)7-16(21)22/h4-6,9-10H,7-8H2,1-3H3,(H,21,22)(H,18,19,20). The molecule has 1 heterocycles. The highest BCUT2D eigenvalue weighted by Gasteiger charge is 2.12. The normalized spacial score (nSPS) is 10.7. The maximum Gasteiger partial charge on any atom is 0.309 e. The number of anilines is 1. The van der Waals surface area contributed by atoms with Crippen LogP contribution in [0.4, 0.5) is 5.13 Å². The predicted molar refractivity (Wildman–Crippen MR) is 92.8 cm³/mol. The van der Waals surface area contributed by atoms with Crippen molar-refractivity contribution in [3.05, 3.63) is 40.4 Å². The van der Waals surface area contributed by atoms with E-state index in [2.05, 4.69) is 24.1 Å². The van der Waals surface area contributed by atoms with Crippen molar-refractivity contribution in [3.63, 3.8) is 0 Å². The Morgan fingerprint density at radius 3 is 2.79 bits per heavy atom. The smallest absolute Gasteiger partial charge is 0.309 e. The molecular weight excluding hydrogens is 328 g/mol. The number of rotatable bonds is 7. The summed E-state index contributed by atoms with van der Waals surface area (Å²) in [5, 5.41) is 13.3. The summed E-state index contributed by atoms with van der Waals surface area (Å²) in [5.74, 6) is -0.295. The van der Waals surface area contributed by atoms with Crippen molar-refractivity contribution in [1.29, 1.82) is 0 Å². The van der Waals surface area contributed by atoms with E-state index in [1.54, 1.807) is 5.38 Å². The SMILES string of the molecule is Cc1ccc(C(C)C)c(OCC(=O)Nc2nc(CC(=O)O)cs2)c1. The van der Waals surface area contributed by atoms with Gasteiger partial charge in [-0.1, -0.05) is 26.0 Å². The van der Waals surface area contributed by atoms with Gasteiger partial charge in [0, 0.05) is 5.38 Å². The van der Waals surface area contributed by atoms with Gasteiger partial charge in [0.1, 0.15) is 5.75 Å². The molecule has 1 aromatic carbocycles.